The zero-order valence-corrected chi connectivity index (χ0v) is 17.6. The number of esters is 1. The number of nitrogens with one attached hydrogen (secondary N) is 2. The van der Waals surface area contributed by atoms with E-state index in [9.17, 15) is 14.4 Å². The summed E-state index contributed by atoms with van der Waals surface area (Å²) in [6.07, 6.45) is 2.00. The summed E-state index contributed by atoms with van der Waals surface area (Å²) in [5.41, 5.74) is 3.06. The van der Waals surface area contributed by atoms with Crippen LogP contribution in [0.15, 0.2) is 54.7 Å². The summed E-state index contributed by atoms with van der Waals surface area (Å²) < 4.78 is 4.84. The molecule has 0 unspecified atom stereocenters. The first-order valence-corrected chi connectivity index (χ1v) is 9.79. The van der Waals surface area contributed by atoms with E-state index in [1.807, 2.05) is 36.4 Å². The molecule has 0 aliphatic carbocycles. The Kier molecular flexibility index (Phi) is 6.06. The first kappa shape index (κ1) is 21.3. The molecular formula is C24H26N2O4. The quantitative estimate of drug-likeness (QED) is 0.372. The number of H-pyrrole nitrogens is 1. The number of hydrogen-bond donors (Lipinski definition) is 2. The van der Waals surface area contributed by atoms with Gasteiger partial charge in [-0.3, -0.25) is 9.59 Å². The molecule has 1 aromatic heterocycles. The molecule has 1 heterocycles. The number of carbonyl (C=O) groups is 3. The van der Waals surface area contributed by atoms with E-state index in [1.165, 1.54) is 7.11 Å². The van der Waals surface area contributed by atoms with E-state index in [2.05, 4.69) is 31.1 Å². The third-order valence-corrected chi connectivity index (χ3v) is 5.11. The highest BCUT2D eigenvalue weighted by molar-refractivity contribution is 6.43. The third-order valence-electron chi connectivity index (χ3n) is 5.11. The topological polar surface area (TPSA) is 88.3 Å². The lowest BCUT2D eigenvalue weighted by atomic mass is 9.86. The number of amides is 1. The summed E-state index contributed by atoms with van der Waals surface area (Å²) in [4.78, 5) is 40.6. The molecule has 3 aromatic rings. The maximum Gasteiger partial charge on any atom is 0.328 e. The van der Waals surface area contributed by atoms with Crippen molar-refractivity contribution in [2.45, 2.75) is 38.6 Å². The van der Waals surface area contributed by atoms with Crippen LogP contribution in [0.3, 0.4) is 0 Å². The summed E-state index contributed by atoms with van der Waals surface area (Å²) in [6.45, 7) is 6.21. The normalized spacial score (nSPS) is 12.4. The molecule has 3 rings (SSSR count). The first-order chi connectivity index (χ1) is 14.2. The third kappa shape index (κ3) is 4.59. The lowest BCUT2D eigenvalue weighted by molar-refractivity contribution is -0.144. The van der Waals surface area contributed by atoms with E-state index in [4.69, 9.17) is 4.74 Å². The average molecular weight is 406 g/mol. The Morgan fingerprint density at radius 3 is 2.33 bits per heavy atom. The summed E-state index contributed by atoms with van der Waals surface area (Å²) in [7, 11) is 1.25. The van der Waals surface area contributed by atoms with E-state index in [1.54, 1.807) is 18.3 Å². The summed E-state index contributed by atoms with van der Waals surface area (Å²) in [5.74, 6) is -2.14. The highest BCUT2D eigenvalue weighted by atomic mass is 16.5. The molecule has 0 aliphatic rings. The molecular weight excluding hydrogens is 380 g/mol. The molecule has 156 valence electrons. The Hall–Kier alpha value is -3.41. The van der Waals surface area contributed by atoms with Gasteiger partial charge in [-0.15, -0.1) is 0 Å². The molecule has 0 aliphatic heterocycles. The molecule has 0 bridgehead atoms. The van der Waals surface area contributed by atoms with Gasteiger partial charge in [-0.25, -0.2) is 4.79 Å². The SMILES string of the molecule is COC(=O)[C@@H](Cc1c[nH]c2ccccc12)NC(=O)C(=O)c1ccc(C(C)(C)C)cc1. The zero-order valence-electron chi connectivity index (χ0n) is 17.6. The zero-order chi connectivity index (χ0) is 21.9. The average Bonchev–Trinajstić information content (AvgIpc) is 3.14. The van der Waals surface area contributed by atoms with Crippen LogP contribution in [0.5, 0.6) is 0 Å². The van der Waals surface area contributed by atoms with Crippen molar-refractivity contribution in [2.75, 3.05) is 7.11 Å². The summed E-state index contributed by atoms with van der Waals surface area (Å²) in [6, 6.07) is 13.6. The second kappa shape index (κ2) is 8.53. The van der Waals surface area contributed by atoms with Gasteiger partial charge in [0.25, 0.3) is 5.91 Å². The van der Waals surface area contributed by atoms with Gasteiger partial charge in [0, 0.05) is 29.1 Å². The van der Waals surface area contributed by atoms with Crippen molar-refractivity contribution in [3.8, 4) is 0 Å². The number of ether oxygens (including phenoxy) is 1. The number of hydrogen-bond acceptors (Lipinski definition) is 4. The fourth-order valence-electron chi connectivity index (χ4n) is 3.33. The van der Waals surface area contributed by atoms with Gasteiger partial charge in [0.15, 0.2) is 0 Å². The minimum Gasteiger partial charge on any atom is -0.467 e. The predicted octanol–water partition coefficient (Wildman–Crippen LogP) is 3.55. The van der Waals surface area contributed by atoms with Gasteiger partial charge in [0.2, 0.25) is 5.78 Å². The fourth-order valence-corrected chi connectivity index (χ4v) is 3.33. The van der Waals surface area contributed by atoms with E-state index in [0.717, 1.165) is 22.0 Å². The Morgan fingerprint density at radius 2 is 1.70 bits per heavy atom. The van der Waals surface area contributed by atoms with Crippen molar-refractivity contribution in [1.82, 2.24) is 10.3 Å². The van der Waals surface area contributed by atoms with Crippen LogP contribution in [0.25, 0.3) is 10.9 Å². The highest BCUT2D eigenvalue weighted by Gasteiger charge is 2.27. The van der Waals surface area contributed by atoms with Gasteiger partial charge in [-0.05, 0) is 22.6 Å². The number of methoxy groups -OCH3 is 1. The van der Waals surface area contributed by atoms with E-state index in [0.29, 0.717) is 0 Å². The van der Waals surface area contributed by atoms with Crippen LogP contribution in [0.2, 0.25) is 0 Å². The Bertz CT molecular complexity index is 1070. The number of carbonyl (C=O) groups excluding carboxylic acids is 3. The molecule has 1 amide bonds. The minimum absolute atomic E-state index is 0.0564. The van der Waals surface area contributed by atoms with Gasteiger partial charge in [0.1, 0.15) is 6.04 Å². The number of benzene rings is 2. The number of aromatic amines is 1. The first-order valence-electron chi connectivity index (χ1n) is 9.79. The molecule has 30 heavy (non-hydrogen) atoms. The second-order valence-corrected chi connectivity index (χ2v) is 8.27. The van der Waals surface area contributed by atoms with Gasteiger partial charge in [-0.1, -0.05) is 63.2 Å². The van der Waals surface area contributed by atoms with Crippen LogP contribution < -0.4 is 5.32 Å². The molecule has 0 saturated carbocycles. The number of rotatable bonds is 6. The minimum atomic E-state index is -0.973. The van der Waals surface area contributed by atoms with Gasteiger partial charge < -0.3 is 15.0 Å². The molecule has 0 radical (unpaired) electrons. The lowest BCUT2D eigenvalue weighted by Gasteiger charge is -2.19. The van der Waals surface area contributed by atoms with Gasteiger partial charge >= 0.3 is 5.97 Å². The lowest BCUT2D eigenvalue weighted by Crippen LogP contribution is -2.45. The van der Waals surface area contributed by atoms with E-state index in [-0.39, 0.29) is 17.4 Å². The molecule has 6 heteroatoms. The number of fused-ring (bicyclic) bond motifs is 1. The van der Waals surface area contributed by atoms with Crippen LogP contribution >= 0.6 is 0 Å². The molecule has 2 aromatic carbocycles. The molecule has 0 fully saturated rings. The maximum atomic E-state index is 12.6. The Balaban J connectivity index is 1.76. The fraction of sp³-hybridized carbons (Fsp3) is 0.292. The van der Waals surface area contributed by atoms with E-state index >= 15 is 0 Å². The Labute approximate surface area is 175 Å². The van der Waals surface area contributed by atoms with Gasteiger partial charge in [-0.2, -0.15) is 0 Å². The van der Waals surface area contributed by atoms with Crippen molar-refractivity contribution >= 4 is 28.6 Å². The van der Waals surface area contributed by atoms with Crippen molar-refractivity contribution in [3.05, 3.63) is 71.4 Å². The highest BCUT2D eigenvalue weighted by Crippen LogP contribution is 2.22. The standard InChI is InChI=1S/C24H26N2O4/c1-24(2,3)17-11-9-15(10-12-17)21(27)22(28)26-20(23(29)30-4)13-16-14-25-19-8-6-5-7-18(16)19/h5-12,14,20,25H,13H2,1-4H3,(H,26,28)/t20-/m1/s1. The van der Waals surface area contributed by atoms with Crippen LogP contribution in [-0.4, -0.2) is 35.8 Å². The van der Waals surface area contributed by atoms with Crippen LogP contribution in [-0.2, 0) is 26.2 Å². The van der Waals surface area contributed by atoms with Crippen LogP contribution in [0.1, 0.15) is 42.3 Å². The largest absolute Gasteiger partial charge is 0.467 e. The maximum absolute atomic E-state index is 12.6. The number of ketones is 1. The molecule has 0 spiro atoms. The van der Waals surface area contributed by atoms with Crippen molar-refractivity contribution in [1.29, 1.82) is 0 Å². The number of Topliss-reactive ketones (excluding diaryl/α,β-unsaturated/α-hetero) is 1. The monoisotopic (exact) mass is 406 g/mol. The van der Waals surface area contributed by atoms with E-state index < -0.39 is 23.7 Å². The summed E-state index contributed by atoms with van der Waals surface area (Å²) in [5, 5.41) is 3.49. The molecule has 2 N–H and O–H groups in total. The second-order valence-electron chi connectivity index (χ2n) is 8.27. The smallest absolute Gasteiger partial charge is 0.328 e. The molecule has 1 atom stereocenters. The van der Waals surface area contributed by atoms with Crippen molar-refractivity contribution in [2.24, 2.45) is 0 Å². The van der Waals surface area contributed by atoms with Gasteiger partial charge in [0.05, 0.1) is 7.11 Å². The van der Waals surface area contributed by atoms with Crippen molar-refractivity contribution in [3.63, 3.8) is 0 Å². The number of aromatic nitrogens is 1. The Morgan fingerprint density at radius 1 is 1.03 bits per heavy atom. The van der Waals surface area contributed by atoms with Crippen molar-refractivity contribution < 1.29 is 19.1 Å². The van der Waals surface area contributed by atoms with Crippen LogP contribution in [0.4, 0.5) is 0 Å². The number of para-hydroxylation sites is 1. The van der Waals surface area contributed by atoms with Crippen LogP contribution in [0, 0.1) is 0 Å². The molecule has 0 saturated heterocycles. The summed E-state index contributed by atoms with van der Waals surface area (Å²) >= 11 is 0. The predicted molar refractivity (Wildman–Crippen MR) is 115 cm³/mol. The molecule has 6 nitrogen and oxygen atoms in total.